The largest absolute Gasteiger partial charge is 0.481 e. The Labute approximate surface area is 156 Å². The van der Waals surface area contributed by atoms with Gasteiger partial charge >= 0.3 is 0 Å². The molecule has 3 rings (SSSR count). The second-order valence-corrected chi connectivity index (χ2v) is 8.19. The second-order valence-electron chi connectivity index (χ2n) is 8.19. The average molecular weight is 351 g/mol. The third-order valence-electron chi connectivity index (χ3n) is 5.09. The van der Waals surface area contributed by atoms with E-state index < -0.39 is 6.10 Å². The van der Waals surface area contributed by atoms with Crippen molar-refractivity contribution < 1.29 is 9.53 Å². The monoisotopic (exact) mass is 351 g/mol. The third kappa shape index (κ3) is 4.27. The predicted molar refractivity (Wildman–Crippen MR) is 105 cm³/mol. The number of aryl methyl sites for hydroxylation is 1. The van der Waals surface area contributed by atoms with E-state index in [2.05, 4.69) is 56.4 Å². The fraction of sp³-hybridized carbons (Fsp3) is 0.435. The van der Waals surface area contributed by atoms with E-state index in [1.54, 1.807) is 0 Å². The highest BCUT2D eigenvalue weighted by atomic mass is 16.5. The topological polar surface area (TPSA) is 38.3 Å². The van der Waals surface area contributed by atoms with Crippen LogP contribution in [0.25, 0.3) is 0 Å². The summed E-state index contributed by atoms with van der Waals surface area (Å²) in [6.07, 6.45) is 2.65. The molecule has 2 aromatic rings. The molecule has 0 aliphatic heterocycles. The Hall–Kier alpha value is -2.29. The molecule has 2 aromatic carbocycles. The van der Waals surface area contributed by atoms with Crippen molar-refractivity contribution in [3.05, 3.63) is 65.2 Å². The van der Waals surface area contributed by atoms with E-state index in [4.69, 9.17) is 4.74 Å². The SMILES string of the molecule is CC(Oc1ccc(C(C)(C)C)cc1)C(=O)NC1CCCc2ccccc21. The number of hydrogen-bond acceptors (Lipinski definition) is 2. The van der Waals surface area contributed by atoms with E-state index in [1.807, 2.05) is 25.1 Å². The van der Waals surface area contributed by atoms with Gasteiger partial charge in [0.05, 0.1) is 6.04 Å². The Morgan fingerprint density at radius 3 is 2.50 bits per heavy atom. The first-order chi connectivity index (χ1) is 12.3. The molecule has 3 heteroatoms. The fourth-order valence-corrected chi connectivity index (χ4v) is 3.48. The van der Waals surface area contributed by atoms with Crippen molar-refractivity contribution in [3.8, 4) is 5.75 Å². The summed E-state index contributed by atoms with van der Waals surface area (Å²) in [4.78, 5) is 12.6. The highest BCUT2D eigenvalue weighted by molar-refractivity contribution is 5.81. The molecule has 2 unspecified atom stereocenters. The van der Waals surface area contributed by atoms with E-state index in [1.165, 1.54) is 16.7 Å². The predicted octanol–water partition coefficient (Wildman–Crippen LogP) is 4.95. The molecular weight excluding hydrogens is 322 g/mol. The van der Waals surface area contributed by atoms with Crippen LogP contribution in [0.15, 0.2) is 48.5 Å². The fourth-order valence-electron chi connectivity index (χ4n) is 3.48. The first kappa shape index (κ1) is 18.5. The zero-order valence-corrected chi connectivity index (χ0v) is 16.2. The maximum atomic E-state index is 12.6. The summed E-state index contributed by atoms with van der Waals surface area (Å²) in [6, 6.07) is 16.5. The lowest BCUT2D eigenvalue weighted by atomic mass is 9.87. The molecule has 2 atom stereocenters. The van der Waals surface area contributed by atoms with Gasteiger partial charge in [-0.05, 0) is 60.4 Å². The van der Waals surface area contributed by atoms with Crippen molar-refractivity contribution in [3.63, 3.8) is 0 Å². The van der Waals surface area contributed by atoms with Crippen LogP contribution in [0.1, 0.15) is 63.3 Å². The molecule has 0 bridgehead atoms. The Morgan fingerprint density at radius 1 is 1.12 bits per heavy atom. The van der Waals surface area contributed by atoms with Crippen LogP contribution in [0.4, 0.5) is 0 Å². The second kappa shape index (κ2) is 7.53. The molecule has 0 radical (unpaired) electrons. The first-order valence-electron chi connectivity index (χ1n) is 9.50. The molecule has 0 heterocycles. The molecule has 26 heavy (non-hydrogen) atoms. The Balaban J connectivity index is 1.62. The number of nitrogens with one attached hydrogen (secondary N) is 1. The number of ether oxygens (including phenoxy) is 1. The summed E-state index contributed by atoms with van der Waals surface area (Å²) >= 11 is 0. The molecule has 0 saturated carbocycles. The summed E-state index contributed by atoms with van der Waals surface area (Å²) in [5, 5.41) is 3.17. The molecule has 3 nitrogen and oxygen atoms in total. The lowest BCUT2D eigenvalue weighted by molar-refractivity contribution is -0.128. The van der Waals surface area contributed by atoms with Gasteiger partial charge in [0.2, 0.25) is 0 Å². The standard InChI is InChI=1S/C23H29NO2/c1-16(26-19-14-12-18(13-15-19)23(2,3)4)22(25)24-21-11-7-9-17-8-5-6-10-20(17)21/h5-6,8,10,12-16,21H,7,9,11H2,1-4H3,(H,24,25). The Morgan fingerprint density at radius 2 is 1.81 bits per heavy atom. The molecule has 138 valence electrons. The molecule has 0 spiro atoms. The molecular formula is C23H29NO2. The maximum Gasteiger partial charge on any atom is 0.261 e. The van der Waals surface area contributed by atoms with Gasteiger partial charge in [-0.2, -0.15) is 0 Å². The van der Waals surface area contributed by atoms with Gasteiger partial charge in [-0.15, -0.1) is 0 Å². The number of carbonyl (C=O) groups is 1. The highest BCUT2D eigenvalue weighted by Crippen LogP contribution is 2.29. The van der Waals surface area contributed by atoms with Crippen LogP contribution < -0.4 is 10.1 Å². The van der Waals surface area contributed by atoms with E-state index >= 15 is 0 Å². The number of rotatable bonds is 4. The lowest BCUT2D eigenvalue weighted by Crippen LogP contribution is -2.39. The van der Waals surface area contributed by atoms with Crippen LogP contribution in [0.5, 0.6) is 5.75 Å². The molecule has 1 N–H and O–H groups in total. The van der Waals surface area contributed by atoms with Gasteiger partial charge in [0, 0.05) is 0 Å². The minimum absolute atomic E-state index is 0.0633. The van der Waals surface area contributed by atoms with Crippen LogP contribution in [0.2, 0.25) is 0 Å². The Kier molecular flexibility index (Phi) is 5.36. The molecule has 1 amide bonds. The summed E-state index contributed by atoms with van der Waals surface area (Å²) in [6.45, 7) is 8.35. The first-order valence-corrected chi connectivity index (χ1v) is 9.50. The number of hydrogen-bond donors (Lipinski definition) is 1. The minimum atomic E-state index is -0.524. The van der Waals surface area contributed by atoms with Gasteiger partial charge in [-0.25, -0.2) is 0 Å². The zero-order chi connectivity index (χ0) is 18.7. The van der Waals surface area contributed by atoms with Crippen molar-refractivity contribution in [1.82, 2.24) is 5.32 Å². The van der Waals surface area contributed by atoms with Crippen molar-refractivity contribution in [2.45, 2.75) is 64.5 Å². The Bertz CT molecular complexity index is 759. The zero-order valence-electron chi connectivity index (χ0n) is 16.2. The number of amides is 1. The highest BCUT2D eigenvalue weighted by Gasteiger charge is 2.24. The van der Waals surface area contributed by atoms with Gasteiger partial charge in [0.1, 0.15) is 5.75 Å². The van der Waals surface area contributed by atoms with Crippen LogP contribution in [0.3, 0.4) is 0 Å². The number of benzene rings is 2. The summed E-state index contributed by atoms with van der Waals surface area (Å²) < 4.78 is 5.86. The quantitative estimate of drug-likeness (QED) is 0.847. The summed E-state index contributed by atoms with van der Waals surface area (Å²) in [5.41, 5.74) is 3.94. The summed E-state index contributed by atoms with van der Waals surface area (Å²) in [7, 11) is 0. The van der Waals surface area contributed by atoms with Gasteiger partial charge in [-0.3, -0.25) is 4.79 Å². The molecule has 0 fully saturated rings. The normalized spacial score (nSPS) is 17.9. The van der Waals surface area contributed by atoms with Crippen molar-refractivity contribution in [2.24, 2.45) is 0 Å². The van der Waals surface area contributed by atoms with E-state index in [-0.39, 0.29) is 17.4 Å². The maximum absolute atomic E-state index is 12.6. The molecule has 0 aromatic heterocycles. The van der Waals surface area contributed by atoms with Gasteiger partial charge < -0.3 is 10.1 Å². The van der Waals surface area contributed by atoms with Crippen LogP contribution in [-0.4, -0.2) is 12.0 Å². The number of fused-ring (bicyclic) bond motifs is 1. The number of carbonyl (C=O) groups excluding carboxylic acids is 1. The third-order valence-corrected chi connectivity index (χ3v) is 5.09. The van der Waals surface area contributed by atoms with Gasteiger partial charge in [-0.1, -0.05) is 57.2 Å². The van der Waals surface area contributed by atoms with E-state index in [0.717, 1.165) is 25.0 Å². The summed E-state index contributed by atoms with van der Waals surface area (Å²) in [5.74, 6) is 0.663. The molecule has 1 aliphatic rings. The van der Waals surface area contributed by atoms with Crippen molar-refractivity contribution in [2.75, 3.05) is 0 Å². The van der Waals surface area contributed by atoms with Gasteiger partial charge in [0.15, 0.2) is 6.10 Å². The van der Waals surface area contributed by atoms with Crippen LogP contribution in [-0.2, 0) is 16.6 Å². The van der Waals surface area contributed by atoms with Crippen molar-refractivity contribution >= 4 is 5.91 Å². The lowest BCUT2D eigenvalue weighted by Gasteiger charge is -2.27. The molecule has 1 aliphatic carbocycles. The molecule has 0 saturated heterocycles. The van der Waals surface area contributed by atoms with Crippen LogP contribution >= 0.6 is 0 Å². The minimum Gasteiger partial charge on any atom is -0.481 e. The van der Waals surface area contributed by atoms with E-state index in [9.17, 15) is 4.79 Å². The average Bonchev–Trinajstić information content (AvgIpc) is 2.61. The smallest absolute Gasteiger partial charge is 0.261 e. The van der Waals surface area contributed by atoms with Gasteiger partial charge in [0.25, 0.3) is 5.91 Å². The van der Waals surface area contributed by atoms with Crippen LogP contribution in [0, 0.1) is 0 Å². The van der Waals surface area contributed by atoms with E-state index in [0.29, 0.717) is 0 Å². The van der Waals surface area contributed by atoms with Crippen molar-refractivity contribution in [1.29, 1.82) is 0 Å².